The Morgan fingerprint density at radius 3 is 2.20 bits per heavy atom. The Morgan fingerprint density at radius 2 is 1.52 bits per heavy atom. The zero-order valence-electron chi connectivity index (χ0n) is 16.0. The van der Waals surface area contributed by atoms with Crippen LogP contribution in [0.25, 0.3) is 0 Å². The van der Waals surface area contributed by atoms with Gasteiger partial charge < -0.3 is 23.7 Å². The maximum absolute atomic E-state index is 6.49. The van der Waals surface area contributed by atoms with Gasteiger partial charge in [0, 0.05) is 5.41 Å². The lowest BCUT2D eigenvalue weighted by molar-refractivity contribution is -0.237. The summed E-state index contributed by atoms with van der Waals surface area (Å²) in [5.41, 5.74) is 0.485. The van der Waals surface area contributed by atoms with Crippen molar-refractivity contribution in [3.05, 3.63) is 0 Å². The van der Waals surface area contributed by atoms with Gasteiger partial charge in [0.25, 0.3) is 0 Å². The Labute approximate surface area is 150 Å². The molecule has 0 N–H and O–H groups in total. The summed E-state index contributed by atoms with van der Waals surface area (Å²) in [5.74, 6) is -1.09. The van der Waals surface area contributed by atoms with Crippen molar-refractivity contribution in [3.63, 3.8) is 0 Å². The third-order valence-electron chi connectivity index (χ3n) is 7.33. The van der Waals surface area contributed by atoms with Gasteiger partial charge in [-0.25, -0.2) is 0 Å². The molecule has 0 aromatic rings. The van der Waals surface area contributed by atoms with Crippen LogP contribution in [0.5, 0.6) is 0 Å². The van der Waals surface area contributed by atoms with E-state index in [1.165, 1.54) is 38.5 Å². The van der Waals surface area contributed by atoms with E-state index in [1.54, 1.807) is 0 Å². The summed E-state index contributed by atoms with van der Waals surface area (Å²) in [4.78, 5) is 0. The smallest absolute Gasteiger partial charge is 0.188 e. The van der Waals surface area contributed by atoms with E-state index in [9.17, 15) is 0 Å². The van der Waals surface area contributed by atoms with E-state index in [0.717, 1.165) is 6.42 Å². The first-order valence-corrected chi connectivity index (χ1v) is 10.1. The normalized spacial score (nSPS) is 49.4. The van der Waals surface area contributed by atoms with E-state index in [4.69, 9.17) is 23.7 Å². The average Bonchev–Trinajstić information content (AvgIpc) is 3.28. The molecule has 3 saturated heterocycles. The summed E-state index contributed by atoms with van der Waals surface area (Å²) in [7, 11) is 0. The molecule has 0 aromatic heterocycles. The van der Waals surface area contributed by atoms with Gasteiger partial charge in [0.15, 0.2) is 17.9 Å². The van der Waals surface area contributed by atoms with Crippen molar-refractivity contribution in [2.45, 2.75) is 109 Å². The largest absolute Gasteiger partial charge is 0.348 e. The maximum atomic E-state index is 6.49. The third kappa shape index (κ3) is 2.53. The molecule has 5 heteroatoms. The highest BCUT2D eigenvalue weighted by Crippen LogP contribution is 2.65. The summed E-state index contributed by atoms with van der Waals surface area (Å²) in [6.07, 6.45) is 8.79. The number of ether oxygens (including phenoxy) is 5. The van der Waals surface area contributed by atoms with Crippen LogP contribution in [0.4, 0.5) is 0 Å². The van der Waals surface area contributed by atoms with E-state index in [1.807, 2.05) is 27.7 Å². The highest BCUT2D eigenvalue weighted by atomic mass is 16.8. The van der Waals surface area contributed by atoms with Crippen LogP contribution in [-0.2, 0) is 23.7 Å². The van der Waals surface area contributed by atoms with Crippen molar-refractivity contribution in [1.29, 1.82) is 0 Å². The predicted molar refractivity (Wildman–Crippen MR) is 90.8 cm³/mol. The fourth-order valence-corrected chi connectivity index (χ4v) is 6.39. The van der Waals surface area contributed by atoms with Crippen LogP contribution in [0.3, 0.4) is 0 Å². The molecule has 3 aliphatic heterocycles. The van der Waals surface area contributed by atoms with Gasteiger partial charge in [-0.2, -0.15) is 0 Å². The number of hydrogen-bond donors (Lipinski definition) is 0. The van der Waals surface area contributed by atoms with Crippen LogP contribution in [0, 0.1) is 10.8 Å². The zero-order valence-corrected chi connectivity index (χ0v) is 16.0. The Hall–Kier alpha value is -0.200. The second kappa shape index (κ2) is 5.20. The minimum Gasteiger partial charge on any atom is -0.348 e. The average molecular weight is 352 g/mol. The molecule has 5 fully saturated rings. The SMILES string of the molecule is CC1(C)OC[C@H]([C@H]2O[C@@H]3OC(C)(C)O[C@@H]3[C@]23CCC2(CCCC2)C3)O1. The summed E-state index contributed by atoms with van der Waals surface area (Å²) in [6, 6.07) is 0. The van der Waals surface area contributed by atoms with Crippen LogP contribution in [0.2, 0.25) is 0 Å². The van der Waals surface area contributed by atoms with Gasteiger partial charge in [-0.05, 0) is 65.2 Å². The number of rotatable bonds is 1. The van der Waals surface area contributed by atoms with Crippen molar-refractivity contribution in [1.82, 2.24) is 0 Å². The van der Waals surface area contributed by atoms with Crippen molar-refractivity contribution in [2.75, 3.05) is 6.61 Å². The molecule has 5 atom stereocenters. The fourth-order valence-electron chi connectivity index (χ4n) is 6.39. The molecule has 2 saturated carbocycles. The van der Waals surface area contributed by atoms with Crippen molar-refractivity contribution in [2.24, 2.45) is 10.8 Å². The van der Waals surface area contributed by atoms with Gasteiger partial charge in [-0.3, -0.25) is 0 Å². The lowest BCUT2D eigenvalue weighted by atomic mass is 9.71. The molecule has 5 rings (SSSR count). The first kappa shape index (κ1) is 16.9. The monoisotopic (exact) mass is 352 g/mol. The molecule has 25 heavy (non-hydrogen) atoms. The summed E-state index contributed by atoms with van der Waals surface area (Å²) < 4.78 is 31.1. The zero-order chi connectivity index (χ0) is 17.5. The summed E-state index contributed by atoms with van der Waals surface area (Å²) >= 11 is 0. The second-order valence-corrected chi connectivity index (χ2v) is 9.97. The van der Waals surface area contributed by atoms with E-state index in [2.05, 4.69) is 0 Å². The standard InChI is InChI=1S/C20H32O5/c1-17(2)21-11-13(23-17)14-20(10-9-19(12-20)7-5-6-8-19)15-16(22-14)25-18(3,4)24-15/h13-16H,5-12H2,1-4H3/t13-,14-,15+,16-,20+/m1/s1. The van der Waals surface area contributed by atoms with Crippen molar-refractivity contribution < 1.29 is 23.7 Å². The summed E-state index contributed by atoms with van der Waals surface area (Å²) in [6.45, 7) is 8.55. The van der Waals surface area contributed by atoms with Gasteiger partial charge in [-0.1, -0.05) is 12.8 Å². The van der Waals surface area contributed by atoms with Crippen LogP contribution < -0.4 is 0 Å². The third-order valence-corrected chi connectivity index (χ3v) is 7.33. The molecule has 5 aliphatic rings. The van der Waals surface area contributed by atoms with E-state index in [-0.39, 0.29) is 30.0 Å². The first-order chi connectivity index (χ1) is 11.7. The second-order valence-electron chi connectivity index (χ2n) is 9.97. The van der Waals surface area contributed by atoms with Crippen LogP contribution >= 0.6 is 0 Å². The minimum absolute atomic E-state index is 0.000324. The Kier molecular flexibility index (Phi) is 3.52. The molecule has 0 aromatic carbocycles. The van der Waals surface area contributed by atoms with Crippen molar-refractivity contribution in [3.8, 4) is 0 Å². The van der Waals surface area contributed by atoms with Gasteiger partial charge in [0.05, 0.1) is 12.7 Å². The van der Waals surface area contributed by atoms with Crippen LogP contribution in [0.15, 0.2) is 0 Å². The first-order valence-electron chi connectivity index (χ1n) is 10.1. The number of fused-ring (bicyclic) bond motifs is 2. The molecular formula is C20H32O5. The molecule has 0 bridgehead atoms. The molecule has 2 spiro atoms. The molecule has 2 aliphatic carbocycles. The Bertz CT molecular complexity index is 552. The molecule has 142 valence electrons. The molecule has 3 heterocycles. The molecule has 5 nitrogen and oxygen atoms in total. The molecular weight excluding hydrogens is 320 g/mol. The lowest BCUT2D eigenvalue weighted by Crippen LogP contribution is -2.47. The van der Waals surface area contributed by atoms with Gasteiger partial charge >= 0.3 is 0 Å². The molecule has 0 amide bonds. The van der Waals surface area contributed by atoms with Gasteiger partial charge in [0.1, 0.15) is 12.2 Å². The lowest BCUT2D eigenvalue weighted by Gasteiger charge is -2.38. The summed E-state index contributed by atoms with van der Waals surface area (Å²) in [5, 5.41) is 0. The fraction of sp³-hybridized carbons (Fsp3) is 1.00. The van der Waals surface area contributed by atoms with E-state index in [0.29, 0.717) is 12.0 Å². The van der Waals surface area contributed by atoms with Crippen LogP contribution in [-0.4, -0.2) is 42.8 Å². The Balaban J connectivity index is 1.47. The maximum Gasteiger partial charge on any atom is 0.188 e. The minimum atomic E-state index is -0.564. The highest BCUT2D eigenvalue weighted by Gasteiger charge is 2.69. The van der Waals surface area contributed by atoms with Crippen LogP contribution in [0.1, 0.15) is 72.6 Å². The molecule has 0 radical (unpaired) electrons. The van der Waals surface area contributed by atoms with E-state index < -0.39 is 11.6 Å². The Morgan fingerprint density at radius 1 is 0.760 bits per heavy atom. The number of hydrogen-bond acceptors (Lipinski definition) is 5. The predicted octanol–water partition coefficient (Wildman–Crippen LogP) is 3.75. The van der Waals surface area contributed by atoms with Gasteiger partial charge in [0.2, 0.25) is 0 Å². The topological polar surface area (TPSA) is 46.2 Å². The van der Waals surface area contributed by atoms with Gasteiger partial charge in [-0.15, -0.1) is 0 Å². The van der Waals surface area contributed by atoms with E-state index >= 15 is 0 Å². The highest BCUT2D eigenvalue weighted by molar-refractivity contribution is 5.13. The molecule has 0 unspecified atom stereocenters. The quantitative estimate of drug-likeness (QED) is 0.719. The van der Waals surface area contributed by atoms with Crippen molar-refractivity contribution >= 4 is 0 Å².